The zero-order chi connectivity index (χ0) is 25.0. The quantitative estimate of drug-likeness (QED) is 0.0922. The molecule has 0 radical (unpaired) electrons. The highest BCUT2D eigenvalue weighted by Crippen LogP contribution is 2.06. The summed E-state index contributed by atoms with van der Waals surface area (Å²) in [6.07, 6.45) is 3.04. The molecule has 3 amide bonds. The van der Waals surface area contributed by atoms with Crippen molar-refractivity contribution >= 4 is 36.3 Å². The van der Waals surface area contributed by atoms with Gasteiger partial charge in [0.15, 0.2) is 0 Å². The summed E-state index contributed by atoms with van der Waals surface area (Å²) in [4.78, 5) is 56.0. The first kappa shape index (κ1) is 28.4. The van der Waals surface area contributed by atoms with Crippen LogP contribution in [0.4, 0.5) is 0 Å². The van der Waals surface area contributed by atoms with Crippen LogP contribution in [0.1, 0.15) is 31.9 Å². The molecule has 5 unspecified atom stereocenters. The molecule has 14 heteroatoms. The maximum Gasteiger partial charge on any atom is 0.327 e. The SMILES string of the molecule is CC(O)C(N)C(=O)NC(CCCCN)C(=O)NC(Cc1cnc[nH]1)C(=O)NC(CS)C(=O)O. The van der Waals surface area contributed by atoms with Gasteiger partial charge < -0.3 is 42.6 Å². The maximum absolute atomic E-state index is 13.0. The molecule has 0 saturated heterocycles. The van der Waals surface area contributed by atoms with E-state index in [1.807, 2.05) is 0 Å². The molecule has 0 aliphatic carbocycles. The number of carboxylic acids is 1. The van der Waals surface area contributed by atoms with Crippen molar-refractivity contribution in [1.29, 1.82) is 0 Å². The van der Waals surface area contributed by atoms with Crippen molar-refractivity contribution in [2.45, 2.75) is 62.9 Å². The molecule has 1 heterocycles. The molecule has 5 atom stereocenters. The maximum atomic E-state index is 13.0. The lowest BCUT2D eigenvalue weighted by molar-refractivity contribution is -0.141. The van der Waals surface area contributed by atoms with Crippen molar-refractivity contribution in [3.63, 3.8) is 0 Å². The van der Waals surface area contributed by atoms with Crippen LogP contribution in [-0.2, 0) is 25.6 Å². The second-order valence-corrected chi connectivity index (χ2v) is 7.90. The zero-order valence-electron chi connectivity index (χ0n) is 18.4. The lowest BCUT2D eigenvalue weighted by Crippen LogP contribution is -2.58. The summed E-state index contributed by atoms with van der Waals surface area (Å²) in [6.45, 7) is 1.74. The molecule has 0 fully saturated rings. The van der Waals surface area contributed by atoms with Gasteiger partial charge in [0.2, 0.25) is 17.7 Å². The van der Waals surface area contributed by atoms with Crippen molar-refractivity contribution < 1.29 is 29.4 Å². The second kappa shape index (κ2) is 14.5. The Labute approximate surface area is 196 Å². The highest BCUT2D eigenvalue weighted by molar-refractivity contribution is 7.80. The number of imidazole rings is 1. The molecule has 0 aromatic carbocycles. The topological polar surface area (TPSA) is 226 Å². The number of carboxylic acid groups (broad SMARTS) is 1. The number of aromatic amines is 1. The Morgan fingerprint density at radius 2 is 1.70 bits per heavy atom. The highest BCUT2D eigenvalue weighted by Gasteiger charge is 2.31. The minimum Gasteiger partial charge on any atom is -0.480 e. The Balaban J connectivity index is 3.02. The molecular formula is C19H33N7O6S. The lowest BCUT2D eigenvalue weighted by atomic mass is 10.0. The van der Waals surface area contributed by atoms with Crippen LogP contribution in [0.15, 0.2) is 12.5 Å². The number of amides is 3. The van der Waals surface area contributed by atoms with E-state index in [9.17, 15) is 29.4 Å². The van der Waals surface area contributed by atoms with E-state index in [1.165, 1.54) is 19.4 Å². The fourth-order valence-corrected chi connectivity index (χ4v) is 3.05. The fraction of sp³-hybridized carbons (Fsp3) is 0.632. The Kier molecular flexibility index (Phi) is 12.4. The number of rotatable bonds is 15. The number of nitrogens with two attached hydrogens (primary N) is 2. The van der Waals surface area contributed by atoms with E-state index in [4.69, 9.17) is 11.5 Å². The number of nitrogens with zero attached hydrogens (tertiary/aromatic N) is 1. The Morgan fingerprint density at radius 1 is 1.09 bits per heavy atom. The minimum absolute atomic E-state index is 0.00681. The first-order valence-electron chi connectivity index (χ1n) is 10.5. The molecule has 0 aliphatic rings. The smallest absolute Gasteiger partial charge is 0.327 e. The first-order valence-corrected chi connectivity index (χ1v) is 11.1. The second-order valence-electron chi connectivity index (χ2n) is 7.54. The van der Waals surface area contributed by atoms with Crippen molar-refractivity contribution in [3.05, 3.63) is 18.2 Å². The van der Waals surface area contributed by atoms with Crippen LogP contribution in [0.2, 0.25) is 0 Å². The largest absolute Gasteiger partial charge is 0.480 e. The number of aliphatic hydroxyl groups excluding tert-OH is 1. The van der Waals surface area contributed by atoms with Crippen LogP contribution in [-0.4, -0.2) is 86.4 Å². The van der Waals surface area contributed by atoms with Crippen LogP contribution in [0.3, 0.4) is 0 Å². The molecule has 0 saturated carbocycles. The summed E-state index contributed by atoms with van der Waals surface area (Å²) in [5.74, 6) is -3.57. The van der Waals surface area contributed by atoms with E-state index in [0.717, 1.165) is 0 Å². The zero-order valence-corrected chi connectivity index (χ0v) is 19.3. The molecule has 13 nitrogen and oxygen atoms in total. The molecule has 33 heavy (non-hydrogen) atoms. The Bertz CT molecular complexity index is 777. The van der Waals surface area contributed by atoms with Crippen LogP contribution in [0.25, 0.3) is 0 Å². The minimum atomic E-state index is -1.27. The van der Waals surface area contributed by atoms with Crippen molar-refractivity contribution in [3.8, 4) is 0 Å². The normalized spacial score (nSPS) is 15.5. The number of hydrogen-bond donors (Lipinski definition) is 9. The summed E-state index contributed by atoms with van der Waals surface area (Å²) in [5.41, 5.74) is 11.7. The van der Waals surface area contributed by atoms with Crippen LogP contribution >= 0.6 is 12.6 Å². The predicted molar refractivity (Wildman–Crippen MR) is 122 cm³/mol. The van der Waals surface area contributed by atoms with Gasteiger partial charge in [-0.2, -0.15) is 12.6 Å². The average Bonchev–Trinajstić information content (AvgIpc) is 3.28. The van der Waals surface area contributed by atoms with Gasteiger partial charge in [-0.15, -0.1) is 0 Å². The number of H-pyrrole nitrogens is 1. The summed E-state index contributed by atoms with van der Waals surface area (Å²) < 4.78 is 0. The average molecular weight is 488 g/mol. The van der Waals surface area contributed by atoms with Crippen molar-refractivity contribution in [2.75, 3.05) is 12.3 Å². The van der Waals surface area contributed by atoms with Gasteiger partial charge in [-0.3, -0.25) is 14.4 Å². The van der Waals surface area contributed by atoms with Gasteiger partial charge in [0, 0.05) is 24.1 Å². The number of aliphatic carboxylic acids is 1. The van der Waals surface area contributed by atoms with E-state index >= 15 is 0 Å². The van der Waals surface area contributed by atoms with Gasteiger partial charge in [-0.05, 0) is 32.7 Å². The summed E-state index contributed by atoms with van der Waals surface area (Å²) in [5, 5.41) is 26.1. The van der Waals surface area contributed by atoms with E-state index in [-0.39, 0.29) is 18.6 Å². The van der Waals surface area contributed by atoms with E-state index in [0.29, 0.717) is 25.1 Å². The molecule has 186 valence electrons. The van der Waals surface area contributed by atoms with Crippen molar-refractivity contribution in [2.24, 2.45) is 11.5 Å². The predicted octanol–water partition coefficient (Wildman–Crippen LogP) is -2.74. The third-order valence-electron chi connectivity index (χ3n) is 4.81. The van der Waals surface area contributed by atoms with E-state index in [1.54, 1.807) is 0 Å². The third-order valence-corrected chi connectivity index (χ3v) is 5.18. The number of thiol groups is 1. The highest BCUT2D eigenvalue weighted by atomic mass is 32.1. The van der Waals surface area contributed by atoms with E-state index in [2.05, 4.69) is 38.5 Å². The Hall–Kier alpha value is -2.68. The van der Waals surface area contributed by atoms with Gasteiger partial charge in [-0.1, -0.05) is 0 Å². The first-order chi connectivity index (χ1) is 15.6. The fourth-order valence-electron chi connectivity index (χ4n) is 2.80. The molecule has 1 aromatic rings. The van der Waals surface area contributed by atoms with Gasteiger partial charge in [0.1, 0.15) is 24.2 Å². The number of nitrogens with one attached hydrogen (secondary N) is 4. The van der Waals surface area contributed by atoms with Crippen molar-refractivity contribution in [1.82, 2.24) is 25.9 Å². The number of unbranched alkanes of at least 4 members (excludes halogenated alkanes) is 1. The molecule has 1 rings (SSSR count). The molecule has 0 spiro atoms. The Morgan fingerprint density at radius 3 is 2.21 bits per heavy atom. The molecule has 1 aromatic heterocycles. The number of carbonyl (C=O) groups excluding carboxylic acids is 3. The third kappa shape index (κ3) is 9.77. The summed E-state index contributed by atoms with van der Waals surface area (Å²) in [6, 6.07) is -4.72. The molecule has 10 N–H and O–H groups in total. The lowest BCUT2D eigenvalue weighted by Gasteiger charge is -2.25. The number of carbonyl (C=O) groups is 4. The van der Waals surface area contributed by atoms with Gasteiger partial charge >= 0.3 is 5.97 Å². The van der Waals surface area contributed by atoms with Gasteiger partial charge in [0.05, 0.1) is 12.4 Å². The number of aliphatic hydroxyl groups is 1. The molecule has 0 bridgehead atoms. The monoisotopic (exact) mass is 487 g/mol. The van der Waals surface area contributed by atoms with Gasteiger partial charge in [-0.25, -0.2) is 9.78 Å². The standard InChI is InChI=1S/C19H33N7O6S/c1-10(27)15(21)18(30)24-12(4-2-3-5-20)16(28)25-13(6-11-7-22-9-23-11)17(29)26-14(8-33)19(31)32/h7,9-10,12-15,27,33H,2-6,8,20-21H2,1H3,(H,22,23)(H,24,30)(H,25,28)(H,26,29)(H,31,32). The van der Waals surface area contributed by atoms with Crippen LogP contribution in [0, 0.1) is 0 Å². The van der Waals surface area contributed by atoms with E-state index < -0.39 is 54.0 Å². The summed E-state index contributed by atoms with van der Waals surface area (Å²) >= 11 is 3.92. The van der Waals surface area contributed by atoms with Crippen LogP contribution in [0.5, 0.6) is 0 Å². The summed E-state index contributed by atoms with van der Waals surface area (Å²) in [7, 11) is 0. The molecular weight excluding hydrogens is 454 g/mol. The molecule has 0 aliphatic heterocycles. The van der Waals surface area contributed by atoms with Gasteiger partial charge in [0.25, 0.3) is 0 Å². The van der Waals surface area contributed by atoms with Crippen LogP contribution < -0.4 is 27.4 Å². The number of hydrogen-bond acceptors (Lipinski definition) is 9. The number of aromatic nitrogens is 2.